The molecule has 2 amide bonds. The quantitative estimate of drug-likeness (QED) is 0.522. The van der Waals surface area contributed by atoms with Gasteiger partial charge in [-0.3, -0.25) is 4.79 Å². The average molecular weight is 447 g/mol. The number of halogens is 1. The van der Waals surface area contributed by atoms with Crippen molar-refractivity contribution in [1.29, 1.82) is 0 Å². The number of rotatable bonds is 8. The van der Waals surface area contributed by atoms with Crippen LogP contribution in [0.1, 0.15) is 52.2 Å². The molecule has 0 spiro atoms. The van der Waals surface area contributed by atoms with Crippen molar-refractivity contribution in [3.05, 3.63) is 70.7 Å². The summed E-state index contributed by atoms with van der Waals surface area (Å²) in [5.41, 5.74) is 1.49. The highest BCUT2D eigenvalue weighted by Gasteiger charge is 2.24. The first kappa shape index (κ1) is 26.5. The summed E-state index contributed by atoms with van der Waals surface area (Å²) in [4.78, 5) is 24.9. The molecule has 31 heavy (non-hydrogen) atoms. The maximum atomic E-state index is 12.7. The molecule has 0 radical (unpaired) electrons. The molecule has 2 N–H and O–H groups in total. The van der Waals surface area contributed by atoms with Crippen molar-refractivity contribution >= 4 is 23.6 Å². The van der Waals surface area contributed by atoms with Crippen LogP contribution in [0.5, 0.6) is 0 Å². The Hall–Kier alpha value is -2.53. The Balaban J connectivity index is 0.00000233. The molecule has 0 saturated carbocycles. The van der Waals surface area contributed by atoms with Crippen LogP contribution in [0, 0.1) is 0 Å². The number of carbonyl (C=O) groups excluding carboxylic acids is 2. The lowest BCUT2D eigenvalue weighted by Gasteiger charge is -2.23. The molecule has 6 heteroatoms. The Morgan fingerprint density at radius 1 is 0.968 bits per heavy atom. The van der Waals surface area contributed by atoms with E-state index in [-0.39, 0.29) is 5.91 Å². The molecule has 0 saturated heterocycles. The standard InChI is InChI=1S/C23H29ClN2O3.C2H6/c1-23(2,3)29-22(28)26-20(16-18-11-13-19(24)14-12-18)21(27)25-15-7-10-17-8-5-4-6-9-17;1-2/h4-6,8-9,11-14,20H,7,10,15-16H2,1-3H3,(H,25,27)(H,26,28);1-2H3/t20-;/m0./s1. The summed E-state index contributed by atoms with van der Waals surface area (Å²) in [6.07, 6.45) is 1.43. The molecule has 1 atom stereocenters. The predicted molar refractivity (Wildman–Crippen MR) is 127 cm³/mol. The fraction of sp³-hybridized carbons (Fsp3) is 0.440. The lowest BCUT2D eigenvalue weighted by atomic mass is 10.1. The third kappa shape index (κ3) is 11.4. The zero-order chi connectivity index (χ0) is 23.3. The molecular formula is C25H35ClN2O3. The van der Waals surface area contributed by atoms with Crippen molar-refractivity contribution in [1.82, 2.24) is 10.6 Å². The Morgan fingerprint density at radius 3 is 2.16 bits per heavy atom. The van der Waals surface area contributed by atoms with Gasteiger partial charge in [0.05, 0.1) is 0 Å². The van der Waals surface area contributed by atoms with E-state index in [0.29, 0.717) is 18.0 Å². The molecule has 2 aromatic rings. The van der Waals surface area contributed by atoms with Gasteiger partial charge in [0.2, 0.25) is 5.91 Å². The van der Waals surface area contributed by atoms with Crippen molar-refractivity contribution in [2.75, 3.05) is 6.54 Å². The van der Waals surface area contributed by atoms with Gasteiger partial charge in [0.25, 0.3) is 0 Å². The van der Waals surface area contributed by atoms with Crippen LogP contribution in [-0.4, -0.2) is 30.2 Å². The van der Waals surface area contributed by atoms with Gasteiger partial charge in [0, 0.05) is 18.0 Å². The SMILES string of the molecule is CC.CC(C)(C)OC(=O)N[C@@H](Cc1ccc(Cl)cc1)C(=O)NCCCc1ccccc1. The van der Waals surface area contributed by atoms with Crippen molar-refractivity contribution in [2.45, 2.75) is 65.5 Å². The van der Waals surface area contributed by atoms with Gasteiger partial charge < -0.3 is 15.4 Å². The molecule has 0 heterocycles. The van der Waals surface area contributed by atoms with Crippen LogP contribution < -0.4 is 10.6 Å². The predicted octanol–water partition coefficient (Wildman–Crippen LogP) is 5.55. The molecule has 2 aromatic carbocycles. The van der Waals surface area contributed by atoms with E-state index in [1.54, 1.807) is 32.9 Å². The molecule has 2 rings (SSSR count). The Morgan fingerprint density at radius 2 is 1.58 bits per heavy atom. The average Bonchev–Trinajstić information content (AvgIpc) is 2.73. The third-order valence-electron chi connectivity index (χ3n) is 4.14. The number of nitrogens with one attached hydrogen (secondary N) is 2. The Bertz CT molecular complexity index is 787. The van der Waals surface area contributed by atoms with Gasteiger partial charge in [-0.25, -0.2) is 4.79 Å². The van der Waals surface area contributed by atoms with Crippen LogP contribution in [0.3, 0.4) is 0 Å². The first-order valence-corrected chi connectivity index (χ1v) is 11.2. The van der Waals surface area contributed by atoms with Gasteiger partial charge in [-0.05, 0) is 56.9 Å². The summed E-state index contributed by atoms with van der Waals surface area (Å²) >= 11 is 5.93. The summed E-state index contributed by atoms with van der Waals surface area (Å²) in [5, 5.41) is 6.23. The first-order valence-electron chi connectivity index (χ1n) is 10.8. The number of aryl methyl sites for hydroxylation is 1. The molecule has 170 valence electrons. The van der Waals surface area contributed by atoms with E-state index in [4.69, 9.17) is 16.3 Å². The molecular weight excluding hydrogens is 412 g/mol. The van der Waals surface area contributed by atoms with Gasteiger partial charge >= 0.3 is 6.09 Å². The summed E-state index contributed by atoms with van der Waals surface area (Å²) < 4.78 is 5.31. The molecule has 5 nitrogen and oxygen atoms in total. The zero-order valence-corrected chi connectivity index (χ0v) is 20.0. The highest BCUT2D eigenvalue weighted by Crippen LogP contribution is 2.12. The monoisotopic (exact) mass is 446 g/mol. The van der Waals surface area contributed by atoms with E-state index < -0.39 is 17.7 Å². The van der Waals surface area contributed by atoms with Crippen LogP contribution in [0.15, 0.2) is 54.6 Å². The Labute approximate surface area is 191 Å². The van der Waals surface area contributed by atoms with E-state index in [0.717, 1.165) is 18.4 Å². The van der Waals surface area contributed by atoms with Crippen LogP contribution in [-0.2, 0) is 22.4 Å². The fourth-order valence-corrected chi connectivity index (χ4v) is 2.91. The minimum Gasteiger partial charge on any atom is -0.444 e. The van der Waals surface area contributed by atoms with Crippen LogP contribution >= 0.6 is 11.6 Å². The first-order chi connectivity index (χ1) is 14.7. The molecule has 0 aliphatic rings. The summed E-state index contributed by atoms with van der Waals surface area (Å²) in [6.45, 7) is 9.88. The topological polar surface area (TPSA) is 67.4 Å². The number of hydrogen-bond donors (Lipinski definition) is 2. The fourth-order valence-electron chi connectivity index (χ4n) is 2.79. The normalized spacial score (nSPS) is 11.5. The lowest BCUT2D eigenvalue weighted by Crippen LogP contribution is -2.49. The lowest BCUT2D eigenvalue weighted by molar-refractivity contribution is -0.123. The maximum absolute atomic E-state index is 12.7. The van der Waals surface area contributed by atoms with E-state index in [2.05, 4.69) is 22.8 Å². The largest absolute Gasteiger partial charge is 0.444 e. The van der Waals surface area contributed by atoms with E-state index in [9.17, 15) is 9.59 Å². The molecule has 0 aliphatic carbocycles. The van der Waals surface area contributed by atoms with Crippen LogP contribution in [0.4, 0.5) is 4.79 Å². The summed E-state index contributed by atoms with van der Waals surface area (Å²) in [6, 6.07) is 16.6. The molecule has 0 fully saturated rings. The van der Waals surface area contributed by atoms with Gasteiger partial charge in [-0.2, -0.15) is 0 Å². The van der Waals surface area contributed by atoms with Gasteiger partial charge in [0.1, 0.15) is 11.6 Å². The van der Waals surface area contributed by atoms with Crippen LogP contribution in [0.25, 0.3) is 0 Å². The number of ether oxygens (including phenoxy) is 1. The second kappa shape index (κ2) is 13.7. The number of benzene rings is 2. The minimum absolute atomic E-state index is 0.237. The third-order valence-corrected chi connectivity index (χ3v) is 4.40. The van der Waals surface area contributed by atoms with Crippen molar-refractivity contribution in [3.63, 3.8) is 0 Å². The van der Waals surface area contributed by atoms with Crippen molar-refractivity contribution in [2.24, 2.45) is 0 Å². The number of amides is 2. The Kier molecular flexibility index (Phi) is 11.7. The maximum Gasteiger partial charge on any atom is 0.408 e. The van der Waals surface area contributed by atoms with Gasteiger partial charge in [-0.15, -0.1) is 0 Å². The van der Waals surface area contributed by atoms with Crippen LogP contribution in [0.2, 0.25) is 5.02 Å². The van der Waals surface area contributed by atoms with Gasteiger partial charge in [-0.1, -0.05) is 67.9 Å². The minimum atomic E-state index is -0.734. The van der Waals surface area contributed by atoms with E-state index in [1.807, 2.05) is 44.2 Å². The molecule has 0 bridgehead atoms. The van der Waals surface area contributed by atoms with E-state index >= 15 is 0 Å². The molecule has 0 unspecified atom stereocenters. The van der Waals surface area contributed by atoms with Crippen molar-refractivity contribution in [3.8, 4) is 0 Å². The molecule has 0 aromatic heterocycles. The highest BCUT2D eigenvalue weighted by molar-refractivity contribution is 6.30. The smallest absolute Gasteiger partial charge is 0.408 e. The zero-order valence-electron chi connectivity index (χ0n) is 19.2. The van der Waals surface area contributed by atoms with Gasteiger partial charge in [0.15, 0.2) is 0 Å². The second-order valence-electron chi connectivity index (χ2n) is 7.91. The number of alkyl carbamates (subject to hydrolysis) is 1. The van der Waals surface area contributed by atoms with Crippen molar-refractivity contribution < 1.29 is 14.3 Å². The summed E-state index contributed by atoms with van der Waals surface area (Å²) in [5.74, 6) is -0.237. The molecule has 0 aliphatic heterocycles. The van der Waals surface area contributed by atoms with E-state index in [1.165, 1.54) is 5.56 Å². The number of hydrogen-bond acceptors (Lipinski definition) is 3. The number of carbonyl (C=O) groups is 2. The summed E-state index contributed by atoms with van der Waals surface area (Å²) in [7, 11) is 0. The second-order valence-corrected chi connectivity index (χ2v) is 8.35. The highest BCUT2D eigenvalue weighted by atomic mass is 35.5.